The molecule has 4 nitrogen and oxygen atoms in total. The van der Waals surface area contributed by atoms with E-state index in [4.69, 9.17) is 0 Å². The van der Waals surface area contributed by atoms with Crippen LogP contribution < -0.4 is 4.72 Å². The van der Waals surface area contributed by atoms with Gasteiger partial charge in [0.2, 0.25) is 10.0 Å². The zero-order valence-corrected chi connectivity index (χ0v) is 14.0. The van der Waals surface area contributed by atoms with Crippen molar-refractivity contribution >= 4 is 10.0 Å². The lowest BCUT2D eigenvalue weighted by Crippen LogP contribution is -2.34. The van der Waals surface area contributed by atoms with Gasteiger partial charge in [0.1, 0.15) is 0 Å². The molecule has 0 amide bonds. The highest BCUT2D eigenvalue weighted by Gasteiger charge is 2.20. The van der Waals surface area contributed by atoms with Gasteiger partial charge in [-0.2, -0.15) is 0 Å². The maximum Gasteiger partial charge on any atom is 0.240 e. The third-order valence-corrected chi connectivity index (χ3v) is 5.18. The second-order valence-corrected chi connectivity index (χ2v) is 7.21. The van der Waals surface area contributed by atoms with Gasteiger partial charge in [0.05, 0.1) is 11.5 Å². The van der Waals surface area contributed by atoms with Crippen molar-refractivity contribution in [2.24, 2.45) is 0 Å². The molecule has 0 bridgehead atoms. The molecule has 0 saturated heterocycles. The molecule has 21 heavy (non-hydrogen) atoms. The van der Waals surface area contributed by atoms with E-state index in [1.54, 1.807) is 18.2 Å². The second kappa shape index (κ2) is 8.51. The smallest absolute Gasteiger partial charge is 0.240 e. The van der Waals surface area contributed by atoms with Gasteiger partial charge in [0.15, 0.2) is 0 Å². The minimum absolute atomic E-state index is 0.0150. The number of benzene rings is 1. The third-order valence-electron chi connectivity index (χ3n) is 3.67. The van der Waals surface area contributed by atoms with Gasteiger partial charge in [0.25, 0.3) is 0 Å². The van der Waals surface area contributed by atoms with Gasteiger partial charge in [-0.15, -0.1) is 0 Å². The van der Waals surface area contributed by atoms with Gasteiger partial charge >= 0.3 is 0 Å². The second-order valence-electron chi connectivity index (χ2n) is 5.50. The van der Waals surface area contributed by atoms with Crippen LogP contribution in [0, 0.1) is 6.92 Å². The van der Waals surface area contributed by atoms with Crippen LogP contribution in [0.4, 0.5) is 0 Å². The van der Waals surface area contributed by atoms with Crippen LogP contribution >= 0.6 is 0 Å². The summed E-state index contributed by atoms with van der Waals surface area (Å²) < 4.78 is 27.7. The fraction of sp³-hybridized carbons (Fsp3) is 0.625. The van der Waals surface area contributed by atoms with E-state index in [9.17, 15) is 13.5 Å². The molecule has 1 atom stereocenters. The quantitative estimate of drug-likeness (QED) is 0.736. The summed E-state index contributed by atoms with van der Waals surface area (Å²) in [5.41, 5.74) is 1.55. The van der Waals surface area contributed by atoms with E-state index in [-0.39, 0.29) is 17.5 Å². The summed E-state index contributed by atoms with van der Waals surface area (Å²) in [6, 6.07) is 4.88. The van der Waals surface area contributed by atoms with E-state index in [0.29, 0.717) is 5.56 Å². The van der Waals surface area contributed by atoms with Gasteiger partial charge in [-0.3, -0.25) is 0 Å². The van der Waals surface area contributed by atoms with E-state index in [1.165, 1.54) is 0 Å². The molecule has 0 aliphatic rings. The molecule has 1 aromatic rings. The first-order valence-corrected chi connectivity index (χ1v) is 9.15. The summed E-state index contributed by atoms with van der Waals surface area (Å²) in [7, 11) is -3.52. The number of sulfonamides is 1. The molecule has 1 unspecified atom stereocenters. The minimum atomic E-state index is -3.52. The zero-order chi connectivity index (χ0) is 15.9. The lowest BCUT2D eigenvalue weighted by atomic mass is 10.1. The maximum atomic E-state index is 12.5. The Morgan fingerprint density at radius 2 is 1.90 bits per heavy atom. The molecular weight excluding hydrogens is 286 g/mol. The van der Waals surface area contributed by atoms with Crippen LogP contribution in [0.2, 0.25) is 0 Å². The number of unbranched alkanes of at least 4 members (excludes halogenated alkanes) is 1. The fourth-order valence-electron chi connectivity index (χ4n) is 2.33. The maximum absolute atomic E-state index is 12.5. The predicted molar refractivity (Wildman–Crippen MR) is 85.6 cm³/mol. The molecule has 0 radical (unpaired) electrons. The molecule has 0 aromatic heterocycles. The molecule has 5 heteroatoms. The standard InChI is InChI=1S/C16H27NO3S/c1-4-6-8-15(7-5-2)17-21(19,20)16-10-9-13(3)14(11-16)12-18/h9-11,15,17-18H,4-8,12H2,1-3H3. The topological polar surface area (TPSA) is 66.4 Å². The van der Waals surface area contributed by atoms with Crippen molar-refractivity contribution < 1.29 is 13.5 Å². The number of nitrogens with one attached hydrogen (secondary N) is 1. The van der Waals surface area contributed by atoms with Crippen LogP contribution in [0.1, 0.15) is 57.1 Å². The summed E-state index contributed by atoms with van der Waals surface area (Å²) in [5, 5.41) is 9.28. The van der Waals surface area contributed by atoms with Crippen molar-refractivity contribution in [3.8, 4) is 0 Å². The Morgan fingerprint density at radius 3 is 2.48 bits per heavy atom. The van der Waals surface area contributed by atoms with Crippen molar-refractivity contribution in [2.45, 2.75) is 70.4 Å². The Morgan fingerprint density at radius 1 is 1.19 bits per heavy atom. The molecule has 0 spiro atoms. The van der Waals surface area contributed by atoms with Gasteiger partial charge < -0.3 is 5.11 Å². The summed E-state index contributed by atoms with van der Waals surface area (Å²) in [6.45, 7) is 5.87. The first-order chi connectivity index (χ1) is 9.94. The fourth-order valence-corrected chi connectivity index (χ4v) is 3.69. The van der Waals surface area contributed by atoms with Crippen LogP contribution in [-0.2, 0) is 16.6 Å². The van der Waals surface area contributed by atoms with Crippen LogP contribution in [0.3, 0.4) is 0 Å². The lowest BCUT2D eigenvalue weighted by Gasteiger charge is -2.18. The molecule has 0 aliphatic carbocycles. The van der Waals surface area contributed by atoms with Crippen LogP contribution in [0.15, 0.2) is 23.1 Å². The molecule has 1 rings (SSSR count). The number of aryl methyl sites for hydroxylation is 1. The summed E-state index contributed by atoms with van der Waals surface area (Å²) >= 11 is 0. The molecule has 0 fully saturated rings. The molecule has 0 heterocycles. The molecule has 0 saturated carbocycles. The van der Waals surface area contributed by atoms with E-state index >= 15 is 0 Å². The predicted octanol–water partition coefficient (Wildman–Crippen LogP) is 3.12. The number of aliphatic hydroxyl groups excluding tert-OH is 1. The number of rotatable bonds is 9. The zero-order valence-electron chi connectivity index (χ0n) is 13.2. The van der Waals surface area contributed by atoms with Crippen LogP contribution in [-0.4, -0.2) is 19.6 Å². The Hall–Kier alpha value is -0.910. The van der Waals surface area contributed by atoms with Crippen molar-refractivity contribution in [1.82, 2.24) is 4.72 Å². The highest BCUT2D eigenvalue weighted by Crippen LogP contribution is 2.17. The normalized spacial score (nSPS) is 13.3. The van der Waals surface area contributed by atoms with E-state index in [2.05, 4.69) is 18.6 Å². The molecule has 2 N–H and O–H groups in total. The lowest BCUT2D eigenvalue weighted by molar-refractivity contribution is 0.280. The van der Waals surface area contributed by atoms with Crippen LogP contribution in [0.25, 0.3) is 0 Å². The Bertz CT molecular complexity index is 540. The SMILES string of the molecule is CCCCC(CCC)NS(=O)(=O)c1ccc(C)c(CO)c1. The average molecular weight is 313 g/mol. The van der Waals surface area contributed by atoms with Crippen LogP contribution in [0.5, 0.6) is 0 Å². The molecular formula is C16H27NO3S. The first kappa shape index (κ1) is 18.1. The minimum Gasteiger partial charge on any atom is -0.392 e. The number of aliphatic hydroxyl groups is 1. The number of hydrogen-bond donors (Lipinski definition) is 2. The van der Waals surface area contributed by atoms with Crippen molar-refractivity contribution in [1.29, 1.82) is 0 Å². The molecule has 0 aliphatic heterocycles. The van der Waals surface area contributed by atoms with Crippen molar-refractivity contribution in [3.05, 3.63) is 29.3 Å². The van der Waals surface area contributed by atoms with Gasteiger partial charge in [-0.25, -0.2) is 13.1 Å². The van der Waals surface area contributed by atoms with Crippen molar-refractivity contribution in [3.63, 3.8) is 0 Å². The average Bonchev–Trinajstić information content (AvgIpc) is 2.45. The van der Waals surface area contributed by atoms with E-state index in [1.807, 2.05) is 6.92 Å². The molecule has 120 valence electrons. The summed E-state index contributed by atoms with van der Waals surface area (Å²) in [4.78, 5) is 0.231. The first-order valence-electron chi connectivity index (χ1n) is 7.67. The Labute approximate surface area is 128 Å². The van der Waals surface area contributed by atoms with Gasteiger partial charge in [-0.1, -0.05) is 39.2 Å². The number of hydrogen-bond acceptors (Lipinski definition) is 3. The highest BCUT2D eigenvalue weighted by molar-refractivity contribution is 7.89. The van der Waals surface area contributed by atoms with Gasteiger partial charge in [0, 0.05) is 6.04 Å². The summed E-state index contributed by atoms with van der Waals surface area (Å²) in [5.74, 6) is 0. The largest absolute Gasteiger partial charge is 0.392 e. The van der Waals surface area contributed by atoms with Crippen molar-refractivity contribution in [2.75, 3.05) is 0 Å². The van der Waals surface area contributed by atoms with Gasteiger partial charge in [-0.05, 0) is 43.0 Å². The van der Waals surface area contributed by atoms with E-state index in [0.717, 1.165) is 37.7 Å². The summed E-state index contributed by atoms with van der Waals surface area (Å²) in [6.07, 6.45) is 4.73. The highest BCUT2D eigenvalue weighted by atomic mass is 32.2. The Balaban J connectivity index is 2.93. The monoisotopic (exact) mass is 313 g/mol. The van der Waals surface area contributed by atoms with E-state index < -0.39 is 10.0 Å². The Kier molecular flexibility index (Phi) is 7.35. The molecule has 1 aromatic carbocycles. The third kappa shape index (κ3) is 5.41.